The van der Waals surface area contributed by atoms with Gasteiger partial charge in [0.15, 0.2) is 5.96 Å². The first-order valence-corrected chi connectivity index (χ1v) is 5.41. The summed E-state index contributed by atoms with van der Waals surface area (Å²) >= 11 is 0. The SMILES string of the molecule is CN=C(NC)N(C)CCOc1ccc(F)cc1.I. The van der Waals surface area contributed by atoms with Gasteiger partial charge in [-0.2, -0.15) is 0 Å². The maximum absolute atomic E-state index is 12.6. The highest BCUT2D eigenvalue weighted by Gasteiger charge is 2.03. The van der Waals surface area contributed by atoms with Crippen LogP contribution in [0.4, 0.5) is 4.39 Å². The van der Waals surface area contributed by atoms with E-state index < -0.39 is 0 Å². The van der Waals surface area contributed by atoms with Crippen molar-refractivity contribution in [1.29, 1.82) is 0 Å². The molecule has 1 rings (SSSR count). The van der Waals surface area contributed by atoms with Crippen molar-refractivity contribution in [3.05, 3.63) is 30.1 Å². The molecule has 0 amide bonds. The van der Waals surface area contributed by atoms with Gasteiger partial charge in [-0.05, 0) is 24.3 Å². The summed E-state index contributed by atoms with van der Waals surface area (Å²) in [5.41, 5.74) is 0. The van der Waals surface area contributed by atoms with E-state index in [-0.39, 0.29) is 29.8 Å². The summed E-state index contributed by atoms with van der Waals surface area (Å²) in [7, 11) is 5.47. The van der Waals surface area contributed by atoms with Gasteiger partial charge in [0.25, 0.3) is 0 Å². The molecule has 18 heavy (non-hydrogen) atoms. The maximum atomic E-state index is 12.6. The second kappa shape index (κ2) is 8.96. The summed E-state index contributed by atoms with van der Waals surface area (Å²) in [5, 5.41) is 2.98. The van der Waals surface area contributed by atoms with Crippen molar-refractivity contribution in [1.82, 2.24) is 10.2 Å². The first-order chi connectivity index (χ1) is 8.17. The fourth-order valence-corrected chi connectivity index (χ4v) is 1.41. The third-order valence-corrected chi connectivity index (χ3v) is 2.31. The van der Waals surface area contributed by atoms with Gasteiger partial charge in [0, 0.05) is 21.1 Å². The van der Waals surface area contributed by atoms with Crippen LogP contribution in [0.1, 0.15) is 0 Å². The molecule has 0 spiro atoms. The van der Waals surface area contributed by atoms with Gasteiger partial charge < -0.3 is 15.0 Å². The zero-order chi connectivity index (χ0) is 12.7. The molecule has 0 aliphatic carbocycles. The van der Waals surface area contributed by atoms with Crippen LogP contribution in [0, 0.1) is 5.82 Å². The van der Waals surface area contributed by atoms with Crippen molar-refractivity contribution in [2.45, 2.75) is 0 Å². The molecule has 0 heterocycles. The van der Waals surface area contributed by atoms with Crippen LogP contribution in [0.25, 0.3) is 0 Å². The summed E-state index contributed by atoms with van der Waals surface area (Å²) in [6.45, 7) is 1.22. The molecule has 0 atom stereocenters. The Morgan fingerprint density at radius 3 is 2.50 bits per heavy atom. The highest BCUT2D eigenvalue weighted by atomic mass is 127. The fraction of sp³-hybridized carbons (Fsp3) is 0.417. The highest BCUT2D eigenvalue weighted by Crippen LogP contribution is 2.10. The van der Waals surface area contributed by atoms with Gasteiger partial charge in [0.2, 0.25) is 0 Å². The number of likely N-dealkylation sites (N-methyl/N-ethyl adjacent to an activating group) is 1. The number of nitrogens with zero attached hydrogens (tertiary/aromatic N) is 2. The monoisotopic (exact) mass is 367 g/mol. The number of benzene rings is 1. The van der Waals surface area contributed by atoms with E-state index in [1.54, 1.807) is 19.2 Å². The van der Waals surface area contributed by atoms with Crippen LogP contribution in [0.2, 0.25) is 0 Å². The first-order valence-electron chi connectivity index (χ1n) is 5.41. The number of ether oxygens (including phenoxy) is 1. The molecule has 0 bridgehead atoms. The van der Waals surface area contributed by atoms with Crippen molar-refractivity contribution >= 4 is 29.9 Å². The van der Waals surface area contributed by atoms with Crippen molar-refractivity contribution in [2.24, 2.45) is 4.99 Å². The van der Waals surface area contributed by atoms with Gasteiger partial charge in [0.05, 0.1) is 6.54 Å². The summed E-state index contributed by atoms with van der Waals surface area (Å²) in [6.07, 6.45) is 0. The normalized spacial score (nSPS) is 10.6. The molecule has 1 aromatic rings. The minimum atomic E-state index is -0.259. The summed E-state index contributed by atoms with van der Waals surface area (Å²) in [5.74, 6) is 1.21. The molecule has 4 nitrogen and oxygen atoms in total. The Balaban J connectivity index is 0.00000289. The molecular weight excluding hydrogens is 348 g/mol. The molecule has 0 saturated carbocycles. The van der Waals surface area contributed by atoms with Crippen LogP contribution < -0.4 is 10.1 Å². The quantitative estimate of drug-likeness (QED) is 0.502. The number of guanidine groups is 1. The lowest BCUT2D eigenvalue weighted by Crippen LogP contribution is -2.38. The average Bonchev–Trinajstić information content (AvgIpc) is 2.33. The van der Waals surface area contributed by atoms with E-state index in [9.17, 15) is 4.39 Å². The third kappa shape index (κ3) is 5.52. The van der Waals surface area contributed by atoms with Crippen molar-refractivity contribution in [3.8, 4) is 5.75 Å². The lowest BCUT2D eigenvalue weighted by Gasteiger charge is -2.20. The Hall–Kier alpha value is -1.05. The molecule has 1 N–H and O–H groups in total. The van der Waals surface area contributed by atoms with Gasteiger partial charge in [-0.25, -0.2) is 4.39 Å². The number of hydrogen-bond acceptors (Lipinski definition) is 2. The van der Waals surface area contributed by atoms with Gasteiger partial charge >= 0.3 is 0 Å². The number of hydrogen-bond donors (Lipinski definition) is 1. The molecule has 0 unspecified atom stereocenters. The number of aliphatic imine (C=N–C) groups is 1. The standard InChI is InChI=1S/C12H18FN3O.HI/c1-14-12(15-2)16(3)8-9-17-11-6-4-10(13)5-7-11;/h4-7H,8-9H2,1-3H3,(H,14,15);1H. The van der Waals surface area contributed by atoms with Crippen molar-refractivity contribution < 1.29 is 9.13 Å². The lowest BCUT2D eigenvalue weighted by molar-refractivity contribution is 0.281. The summed E-state index contributed by atoms with van der Waals surface area (Å²) in [4.78, 5) is 6.02. The zero-order valence-electron chi connectivity index (χ0n) is 10.8. The van der Waals surface area contributed by atoms with Gasteiger partial charge in [0.1, 0.15) is 18.2 Å². The van der Waals surface area contributed by atoms with Gasteiger partial charge in [-0.1, -0.05) is 0 Å². The molecule has 1 aromatic carbocycles. The molecular formula is C12H19FIN3O. The Morgan fingerprint density at radius 1 is 1.39 bits per heavy atom. The number of nitrogens with one attached hydrogen (secondary N) is 1. The Morgan fingerprint density at radius 2 is 2.00 bits per heavy atom. The van der Waals surface area contributed by atoms with Crippen LogP contribution >= 0.6 is 24.0 Å². The molecule has 0 fully saturated rings. The smallest absolute Gasteiger partial charge is 0.193 e. The fourth-order valence-electron chi connectivity index (χ4n) is 1.41. The van der Waals surface area contributed by atoms with Gasteiger partial charge in [-0.3, -0.25) is 4.99 Å². The molecule has 6 heteroatoms. The van der Waals surface area contributed by atoms with Crippen molar-refractivity contribution in [2.75, 3.05) is 34.3 Å². The minimum Gasteiger partial charge on any atom is -0.492 e. The molecule has 0 aliphatic heterocycles. The second-order valence-corrected chi connectivity index (χ2v) is 3.52. The Bertz CT molecular complexity index is 370. The lowest BCUT2D eigenvalue weighted by atomic mass is 10.3. The summed E-state index contributed by atoms with van der Waals surface area (Å²) in [6, 6.07) is 5.99. The average molecular weight is 367 g/mol. The maximum Gasteiger partial charge on any atom is 0.193 e. The van der Waals surface area contributed by atoms with Crippen LogP contribution in [0.15, 0.2) is 29.3 Å². The van der Waals surface area contributed by atoms with E-state index >= 15 is 0 Å². The topological polar surface area (TPSA) is 36.9 Å². The van der Waals surface area contributed by atoms with E-state index in [0.29, 0.717) is 18.9 Å². The van der Waals surface area contributed by atoms with Crippen LogP contribution in [-0.2, 0) is 0 Å². The number of halogens is 2. The van der Waals surface area contributed by atoms with Crippen molar-refractivity contribution in [3.63, 3.8) is 0 Å². The van der Waals surface area contributed by atoms with E-state index in [1.165, 1.54) is 12.1 Å². The molecule has 0 saturated heterocycles. The van der Waals surface area contributed by atoms with Gasteiger partial charge in [-0.15, -0.1) is 24.0 Å². The van der Waals surface area contributed by atoms with E-state index in [0.717, 1.165) is 5.96 Å². The first kappa shape index (κ1) is 16.9. The molecule has 102 valence electrons. The molecule has 0 radical (unpaired) electrons. The zero-order valence-corrected chi connectivity index (χ0v) is 13.1. The van der Waals surface area contributed by atoms with Crippen LogP contribution in [0.3, 0.4) is 0 Å². The third-order valence-electron chi connectivity index (χ3n) is 2.31. The second-order valence-electron chi connectivity index (χ2n) is 3.52. The number of rotatable bonds is 4. The Kier molecular flexibility index (Phi) is 8.43. The van der Waals surface area contributed by atoms with Crippen LogP contribution in [0.5, 0.6) is 5.75 Å². The Labute approximate surface area is 124 Å². The highest BCUT2D eigenvalue weighted by molar-refractivity contribution is 14.0. The van der Waals surface area contributed by atoms with E-state index in [2.05, 4.69) is 10.3 Å². The predicted molar refractivity (Wildman–Crippen MR) is 82.4 cm³/mol. The van der Waals surface area contributed by atoms with E-state index in [1.807, 2.05) is 19.0 Å². The summed E-state index contributed by atoms with van der Waals surface area (Å²) < 4.78 is 18.1. The van der Waals surface area contributed by atoms with E-state index in [4.69, 9.17) is 4.74 Å². The van der Waals surface area contributed by atoms with Crippen LogP contribution in [-0.4, -0.2) is 45.2 Å². The molecule has 0 aromatic heterocycles. The molecule has 0 aliphatic rings. The largest absolute Gasteiger partial charge is 0.492 e. The minimum absolute atomic E-state index is 0. The predicted octanol–water partition coefficient (Wildman–Crippen LogP) is 1.96.